The highest BCUT2D eigenvalue weighted by Crippen LogP contribution is 2.38. The predicted molar refractivity (Wildman–Crippen MR) is 52.2 cm³/mol. The van der Waals surface area contributed by atoms with E-state index in [1.54, 1.807) is 12.1 Å². The molecule has 0 saturated heterocycles. The standard InChI is InChI=1S/C10H13NO3/c1-2-8(12)6-3-9-10(4-7(6)11)14-5-13-9/h3-4,8,12H,2,5,11H2,1H3. The maximum absolute atomic E-state index is 9.66. The summed E-state index contributed by atoms with van der Waals surface area (Å²) in [6.07, 6.45) is 0.0913. The van der Waals surface area contributed by atoms with Crippen LogP contribution in [0.3, 0.4) is 0 Å². The molecule has 1 unspecified atom stereocenters. The molecule has 1 heterocycles. The molecule has 0 fully saturated rings. The van der Waals surface area contributed by atoms with Gasteiger partial charge in [-0.3, -0.25) is 0 Å². The van der Waals surface area contributed by atoms with Crippen LogP contribution in [-0.4, -0.2) is 11.9 Å². The topological polar surface area (TPSA) is 64.7 Å². The van der Waals surface area contributed by atoms with Crippen LogP contribution in [-0.2, 0) is 0 Å². The van der Waals surface area contributed by atoms with Gasteiger partial charge in [-0.15, -0.1) is 0 Å². The monoisotopic (exact) mass is 195 g/mol. The highest BCUT2D eigenvalue weighted by molar-refractivity contribution is 5.59. The fourth-order valence-corrected chi connectivity index (χ4v) is 1.48. The summed E-state index contributed by atoms with van der Waals surface area (Å²) in [6.45, 7) is 2.12. The Kier molecular flexibility index (Phi) is 2.21. The Bertz CT molecular complexity index is 351. The molecule has 2 rings (SSSR count). The second-order valence-electron chi connectivity index (χ2n) is 3.26. The second-order valence-corrected chi connectivity index (χ2v) is 3.26. The van der Waals surface area contributed by atoms with Crippen molar-refractivity contribution >= 4 is 5.69 Å². The van der Waals surface area contributed by atoms with Crippen LogP contribution >= 0.6 is 0 Å². The first kappa shape index (κ1) is 9.15. The molecule has 4 heteroatoms. The molecule has 0 aliphatic carbocycles. The first-order valence-corrected chi connectivity index (χ1v) is 4.59. The van der Waals surface area contributed by atoms with E-state index in [1.165, 1.54) is 0 Å². The molecule has 0 spiro atoms. The molecule has 0 saturated carbocycles. The number of hydrogen-bond donors (Lipinski definition) is 2. The van der Waals surface area contributed by atoms with Crippen molar-refractivity contribution in [3.05, 3.63) is 17.7 Å². The minimum atomic E-state index is -0.538. The van der Waals surface area contributed by atoms with Crippen molar-refractivity contribution in [3.63, 3.8) is 0 Å². The molecule has 0 radical (unpaired) electrons. The fourth-order valence-electron chi connectivity index (χ4n) is 1.48. The van der Waals surface area contributed by atoms with Crippen LogP contribution in [0.5, 0.6) is 11.5 Å². The summed E-state index contributed by atoms with van der Waals surface area (Å²) >= 11 is 0. The predicted octanol–water partition coefficient (Wildman–Crippen LogP) is 1.44. The van der Waals surface area contributed by atoms with Gasteiger partial charge in [-0.1, -0.05) is 6.92 Å². The highest BCUT2D eigenvalue weighted by Gasteiger charge is 2.18. The number of rotatable bonds is 2. The molecular weight excluding hydrogens is 182 g/mol. The lowest BCUT2D eigenvalue weighted by Crippen LogP contribution is -2.00. The average Bonchev–Trinajstić information content (AvgIpc) is 2.62. The van der Waals surface area contributed by atoms with Gasteiger partial charge in [-0.05, 0) is 12.5 Å². The SMILES string of the molecule is CCC(O)c1cc2c(cc1N)OCO2. The maximum Gasteiger partial charge on any atom is 0.231 e. The molecule has 0 amide bonds. The van der Waals surface area contributed by atoms with Crippen LogP contribution in [0.15, 0.2) is 12.1 Å². The van der Waals surface area contributed by atoms with Crippen LogP contribution in [0, 0.1) is 0 Å². The molecule has 1 aliphatic heterocycles. The van der Waals surface area contributed by atoms with E-state index in [9.17, 15) is 5.11 Å². The number of nitrogen functional groups attached to an aromatic ring is 1. The Hall–Kier alpha value is -1.42. The number of nitrogens with two attached hydrogens (primary N) is 1. The number of aliphatic hydroxyl groups excluding tert-OH is 1. The average molecular weight is 195 g/mol. The van der Waals surface area contributed by atoms with Gasteiger partial charge in [0.05, 0.1) is 6.10 Å². The molecular formula is C10H13NO3. The van der Waals surface area contributed by atoms with E-state index in [2.05, 4.69) is 0 Å². The van der Waals surface area contributed by atoms with Crippen molar-refractivity contribution < 1.29 is 14.6 Å². The molecule has 3 N–H and O–H groups in total. The van der Waals surface area contributed by atoms with Crippen molar-refractivity contribution in [1.82, 2.24) is 0 Å². The first-order valence-electron chi connectivity index (χ1n) is 4.59. The quantitative estimate of drug-likeness (QED) is 0.701. The third-order valence-corrected chi connectivity index (χ3v) is 2.32. The smallest absolute Gasteiger partial charge is 0.231 e. The maximum atomic E-state index is 9.66. The van der Waals surface area contributed by atoms with Gasteiger partial charge in [0.1, 0.15) is 0 Å². The van der Waals surface area contributed by atoms with Crippen molar-refractivity contribution in [2.45, 2.75) is 19.4 Å². The number of ether oxygens (including phenoxy) is 2. The van der Waals surface area contributed by atoms with Gasteiger partial charge in [0.25, 0.3) is 0 Å². The Morgan fingerprint density at radius 2 is 2.07 bits per heavy atom. The zero-order valence-corrected chi connectivity index (χ0v) is 7.99. The first-order chi connectivity index (χ1) is 6.72. The van der Waals surface area contributed by atoms with E-state index in [0.717, 1.165) is 0 Å². The number of fused-ring (bicyclic) bond motifs is 1. The minimum absolute atomic E-state index is 0.223. The van der Waals surface area contributed by atoms with E-state index >= 15 is 0 Å². The van der Waals surface area contributed by atoms with Gasteiger partial charge in [-0.2, -0.15) is 0 Å². The third kappa shape index (κ3) is 1.37. The normalized spacial score (nSPS) is 15.6. The summed E-state index contributed by atoms with van der Waals surface area (Å²) in [6, 6.07) is 3.43. The van der Waals surface area contributed by atoms with Crippen LogP contribution in [0.2, 0.25) is 0 Å². The molecule has 0 aromatic heterocycles. The van der Waals surface area contributed by atoms with E-state index < -0.39 is 6.10 Å². The highest BCUT2D eigenvalue weighted by atomic mass is 16.7. The molecule has 0 bridgehead atoms. The van der Waals surface area contributed by atoms with Gasteiger partial charge in [0.15, 0.2) is 11.5 Å². The third-order valence-electron chi connectivity index (χ3n) is 2.32. The van der Waals surface area contributed by atoms with Crippen molar-refractivity contribution in [3.8, 4) is 11.5 Å². The lowest BCUT2D eigenvalue weighted by Gasteiger charge is -2.11. The van der Waals surface area contributed by atoms with E-state index in [1.807, 2.05) is 6.92 Å². The Morgan fingerprint density at radius 3 is 2.71 bits per heavy atom. The molecule has 1 aromatic carbocycles. The number of aliphatic hydroxyl groups is 1. The van der Waals surface area contributed by atoms with Crippen LogP contribution < -0.4 is 15.2 Å². The number of hydrogen-bond acceptors (Lipinski definition) is 4. The zero-order chi connectivity index (χ0) is 10.1. The molecule has 76 valence electrons. The van der Waals surface area contributed by atoms with Gasteiger partial charge in [0.2, 0.25) is 6.79 Å². The van der Waals surface area contributed by atoms with Crippen LogP contribution in [0.4, 0.5) is 5.69 Å². The fraction of sp³-hybridized carbons (Fsp3) is 0.400. The van der Waals surface area contributed by atoms with Gasteiger partial charge in [-0.25, -0.2) is 0 Å². The Balaban J connectivity index is 2.42. The summed E-state index contributed by atoms with van der Waals surface area (Å²) in [4.78, 5) is 0. The van der Waals surface area contributed by atoms with Crippen molar-refractivity contribution in [1.29, 1.82) is 0 Å². The lowest BCUT2D eigenvalue weighted by atomic mass is 10.0. The molecule has 1 atom stereocenters. The largest absolute Gasteiger partial charge is 0.454 e. The van der Waals surface area contributed by atoms with Crippen LogP contribution in [0.25, 0.3) is 0 Å². The molecule has 1 aromatic rings. The van der Waals surface area contributed by atoms with Crippen molar-refractivity contribution in [2.24, 2.45) is 0 Å². The number of benzene rings is 1. The molecule has 1 aliphatic rings. The van der Waals surface area contributed by atoms with E-state index in [4.69, 9.17) is 15.2 Å². The lowest BCUT2D eigenvalue weighted by molar-refractivity contribution is 0.170. The second kappa shape index (κ2) is 3.38. The van der Waals surface area contributed by atoms with Gasteiger partial charge in [0, 0.05) is 17.3 Å². The summed E-state index contributed by atoms with van der Waals surface area (Å²) in [7, 11) is 0. The minimum Gasteiger partial charge on any atom is -0.454 e. The van der Waals surface area contributed by atoms with Gasteiger partial charge < -0.3 is 20.3 Å². The number of anilines is 1. The molecule has 14 heavy (non-hydrogen) atoms. The van der Waals surface area contributed by atoms with Gasteiger partial charge >= 0.3 is 0 Å². The summed E-state index contributed by atoms with van der Waals surface area (Å²) in [5.74, 6) is 1.30. The van der Waals surface area contributed by atoms with E-state index in [0.29, 0.717) is 29.2 Å². The van der Waals surface area contributed by atoms with E-state index in [-0.39, 0.29) is 6.79 Å². The Labute approximate surface area is 82.2 Å². The summed E-state index contributed by atoms with van der Waals surface area (Å²) in [5.41, 5.74) is 7.02. The summed E-state index contributed by atoms with van der Waals surface area (Å²) in [5, 5.41) is 9.66. The summed E-state index contributed by atoms with van der Waals surface area (Å²) < 4.78 is 10.4. The van der Waals surface area contributed by atoms with Crippen LogP contribution in [0.1, 0.15) is 25.0 Å². The Morgan fingerprint density at radius 1 is 1.43 bits per heavy atom. The zero-order valence-electron chi connectivity index (χ0n) is 7.99. The van der Waals surface area contributed by atoms with Crippen molar-refractivity contribution in [2.75, 3.05) is 12.5 Å². The molecule has 4 nitrogen and oxygen atoms in total.